The molecule has 1 aliphatic heterocycles. The van der Waals surface area contributed by atoms with E-state index in [9.17, 15) is 0 Å². The molecule has 94 valence electrons. The highest BCUT2D eigenvalue weighted by atomic mass is 15.1. The number of likely N-dealkylation sites (tertiary alicyclic amines) is 1. The van der Waals surface area contributed by atoms with E-state index in [0.29, 0.717) is 6.54 Å². The first kappa shape index (κ1) is 12.6. The van der Waals surface area contributed by atoms with Gasteiger partial charge in [0.25, 0.3) is 0 Å². The number of rotatable bonds is 4. The number of hydrogen-bond acceptors (Lipinski definition) is 2. The van der Waals surface area contributed by atoms with Gasteiger partial charge < -0.3 is 10.6 Å². The fourth-order valence-corrected chi connectivity index (χ4v) is 2.75. The zero-order chi connectivity index (χ0) is 12.1. The lowest BCUT2D eigenvalue weighted by Gasteiger charge is -2.33. The Hall–Kier alpha value is -0.860. The van der Waals surface area contributed by atoms with Crippen LogP contribution in [0.1, 0.15) is 37.3 Å². The lowest BCUT2D eigenvalue weighted by atomic mass is 10.0. The minimum atomic E-state index is 0.658. The van der Waals surface area contributed by atoms with E-state index >= 15 is 0 Å². The first-order chi connectivity index (χ1) is 8.31. The van der Waals surface area contributed by atoms with Gasteiger partial charge in [0.1, 0.15) is 0 Å². The fraction of sp³-hybridized carbons (Fsp3) is 0.600. The molecule has 1 unspecified atom stereocenters. The molecule has 1 saturated heterocycles. The maximum Gasteiger partial charge on any atom is 0.0180 e. The van der Waals surface area contributed by atoms with Gasteiger partial charge in [-0.25, -0.2) is 0 Å². The standard InChI is InChI=1S/C15H24N2/c1-13-6-4-5-10-17(13)11-9-14-7-2-3-8-15(14)12-16/h2-3,7-8,13H,4-6,9-12,16H2,1H3. The molecule has 0 amide bonds. The molecule has 0 radical (unpaired) electrons. The molecule has 0 bridgehead atoms. The van der Waals surface area contributed by atoms with Crippen LogP contribution < -0.4 is 5.73 Å². The van der Waals surface area contributed by atoms with Gasteiger partial charge in [0.05, 0.1) is 0 Å². The average Bonchev–Trinajstić information content (AvgIpc) is 2.38. The van der Waals surface area contributed by atoms with Crippen LogP contribution in [0.15, 0.2) is 24.3 Å². The summed E-state index contributed by atoms with van der Waals surface area (Å²) in [6, 6.07) is 9.32. The normalized spacial score (nSPS) is 21.6. The van der Waals surface area contributed by atoms with Crippen molar-refractivity contribution in [1.82, 2.24) is 4.90 Å². The largest absolute Gasteiger partial charge is 0.326 e. The van der Waals surface area contributed by atoms with Crippen molar-refractivity contribution in [3.05, 3.63) is 35.4 Å². The highest BCUT2D eigenvalue weighted by Gasteiger charge is 2.17. The van der Waals surface area contributed by atoms with Crippen molar-refractivity contribution in [1.29, 1.82) is 0 Å². The molecule has 2 N–H and O–H groups in total. The predicted octanol–water partition coefficient (Wildman–Crippen LogP) is 2.56. The van der Waals surface area contributed by atoms with E-state index in [2.05, 4.69) is 36.1 Å². The first-order valence-corrected chi connectivity index (χ1v) is 6.82. The Morgan fingerprint density at radius 1 is 1.24 bits per heavy atom. The SMILES string of the molecule is CC1CCCCN1CCc1ccccc1CN. The van der Waals surface area contributed by atoms with Crippen molar-refractivity contribution in [2.24, 2.45) is 5.73 Å². The van der Waals surface area contributed by atoms with Crippen molar-refractivity contribution >= 4 is 0 Å². The molecular formula is C15H24N2. The van der Waals surface area contributed by atoms with Crippen molar-refractivity contribution < 1.29 is 0 Å². The second kappa shape index (κ2) is 6.18. The highest BCUT2D eigenvalue weighted by Crippen LogP contribution is 2.17. The van der Waals surface area contributed by atoms with Gasteiger partial charge in [-0.1, -0.05) is 30.7 Å². The molecular weight excluding hydrogens is 208 g/mol. The van der Waals surface area contributed by atoms with Gasteiger partial charge in [0.15, 0.2) is 0 Å². The fourth-order valence-electron chi connectivity index (χ4n) is 2.75. The topological polar surface area (TPSA) is 29.3 Å². The van der Waals surface area contributed by atoms with Gasteiger partial charge >= 0.3 is 0 Å². The van der Waals surface area contributed by atoms with Crippen LogP contribution in [0.2, 0.25) is 0 Å². The molecule has 2 heteroatoms. The van der Waals surface area contributed by atoms with E-state index < -0.39 is 0 Å². The Morgan fingerprint density at radius 2 is 2.00 bits per heavy atom. The third-order valence-corrected chi connectivity index (χ3v) is 3.95. The van der Waals surface area contributed by atoms with Crippen LogP contribution in [0.4, 0.5) is 0 Å². The smallest absolute Gasteiger partial charge is 0.0180 e. The van der Waals surface area contributed by atoms with Crippen LogP contribution in [-0.2, 0) is 13.0 Å². The summed E-state index contributed by atoms with van der Waals surface area (Å²) in [5.41, 5.74) is 8.50. The van der Waals surface area contributed by atoms with Crippen LogP contribution in [0, 0.1) is 0 Å². The van der Waals surface area contributed by atoms with E-state index in [1.54, 1.807) is 0 Å². The zero-order valence-corrected chi connectivity index (χ0v) is 10.9. The summed E-state index contributed by atoms with van der Waals surface area (Å²) in [5.74, 6) is 0. The van der Waals surface area contributed by atoms with Gasteiger partial charge in [0, 0.05) is 19.1 Å². The molecule has 2 rings (SSSR count). The molecule has 1 heterocycles. The maximum atomic E-state index is 5.77. The Balaban J connectivity index is 1.92. The van der Waals surface area contributed by atoms with Gasteiger partial charge in [-0.2, -0.15) is 0 Å². The van der Waals surface area contributed by atoms with Crippen molar-refractivity contribution in [2.75, 3.05) is 13.1 Å². The van der Waals surface area contributed by atoms with Gasteiger partial charge in [-0.15, -0.1) is 0 Å². The summed E-state index contributed by atoms with van der Waals surface area (Å²) in [6.45, 7) is 5.46. The summed E-state index contributed by atoms with van der Waals surface area (Å²) < 4.78 is 0. The van der Waals surface area contributed by atoms with Crippen LogP contribution in [-0.4, -0.2) is 24.0 Å². The summed E-state index contributed by atoms with van der Waals surface area (Å²) in [7, 11) is 0. The molecule has 1 fully saturated rings. The van der Waals surface area contributed by atoms with Crippen LogP contribution in [0.25, 0.3) is 0 Å². The van der Waals surface area contributed by atoms with Crippen LogP contribution in [0.5, 0.6) is 0 Å². The Bertz CT molecular complexity index is 349. The van der Waals surface area contributed by atoms with E-state index in [1.807, 2.05) is 0 Å². The third kappa shape index (κ3) is 3.30. The third-order valence-electron chi connectivity index (χ3n) is 3.95. The molecule has 0 saturated carbocycles. The molecule has 1 aliphatic rings. The van der Waals surface area contributed by atoms with Crippen LogP contribution in [0.3, 0.4) is 0 Å². The van der Waals surface area contributed by atoms with E-state index in [0.717, 1.165) is 12.5 Å². The lowest BCUT2D eigenvalue weighted by molar-refractivity contribution is 0.162. The lowest BCUT2D eigenvalue weighted by Crippen LogP contribution is -2.38. The molecule has 0 aromatic heterocycles. The summed E-state index contributed by atoms with van der Waals surface area (Å²) >= 11 is 0. The number of benzene rings is 1. The second-order valence-electron chi connectivity index (χ2n) is 5.10. The van der Waals surface area contributed by atoms with Crippen molar-refractivity contribution in [2.45, 2.75) is 45.2 Å². The minimum Gasteiger partial charge on any atom is -0.326 e. The monoisotopic (exact) mass is 232 g/mol. The molecule has 1 aromatic carbocycles. The maximum absolute atomic E-state index is 5.77. The zero-order valence-electron chi connectivity index (χ0n) is 10.9. The predicted molar refractivity (Wildman–Crippen MR) is 72.9 cm³/mol. The van der Waals surface area contributed by atoms with Crippen LogP contribution >= 0.6 is 0 Å². The number of hydrogen-bond donors (Lipinski definition) is 1. The highest BCUT2D eigenvalue weighted by molar-refractivity contribution is 5.27. The minimum absolute atomic E-state index is 0.658. The van der Waals surface area contributed by atoms with Crippen molar-refractivity contribution in [3.8, 4) is 0 Å². The molecule has 2 nitrogen and oxygen atoms in total. The molecule has 1 atom stereocenters. The Morgan fingerprint density at radius 3 is 2.71 bits per heavy atom. The van der Waals surface area contributed by atoms with E-state index in [1.165, 1.54) is 43.5 Å². The number of nitrogens with zero attached hydrogens (tertiary/aromatic N) is 1. The van der Waals surface area contributed by atoms with Gasteiger partial charge in [0.2, 0.25) is 0 Å². The van der Waals surface area contributed by atoms with E-state index in [-0.39, 0.29) is 0 Å². The molecule has 0 aliphatic carbocycles. The van der Waals surface area contributed by atoms with Gasteiger partial charge in [-0.05, 0) is 43.9 Å². The van der Waals surface area contributed by atoms with Gasteiger partial charge in [-0.3, -0.25) is 0 Å². The van der Waals surface area contributed by atoms with Crippen molar-refractivity contribution in [3.63, 3.8) is 0 Å². The van der Waals surface area contributed by atoms with E-state index in [4.69, 9.17) is 5.73 Å². The summed E-state index contributed by atoms with van der Waals surface area (Å²) in [5, 5.41) is 0. The summed E-state index contributed by atoms with van der Waals surface area (Å²) in [6.07, 6.45) is 5.26. The number of piperidine rings is 1. The quantitative estimate of drug-likeness (QED) is 0.864. The summed E-state index contributed by atoms with van der Waals surface area (Å²) in [4.78, 5) is 2.62. The molecule has 1 aromatic rings. The average molecular weight is 232 g/mol. The second-order valence-corrected chi connectivity index (χ2v) is 5.10. The number of nitrogens with two attached hydrogens (primary N) is 1. The molecule has 0 spiro atoms. The Labute approximate surface area is 105 Å². The Kier molecular flexibility index (Phi) is 4.57. The molecule has 17 heavy (non-hydrogen) atoms. The first-order valence-electron chi connectivity index (χ1n) is 6.82.